The molecule has 1 fully saturated rings. The highest BCUT2D eigenvalue weighted by Crippen LogP contribution is 2.65. The molecular formula is C22H32N7O13P3-2. The minimum atomic E-state index is -5.72. The van der Waals surface area contributed by atoms with Crippen LogP contribution in [0.15, 0.2) is 42.0 Å². The van der Waals surface area contributed by atoms with Gasteiger partial charge in [0, 0.05) is 19.0 Å². The van der Waals surface area contributed by atoms with E-state index in [0.717, 1.165) is 6.33 Å². The molecule has 3 unspecified atom stereocenters. The number of hydrogen-bond acceptors (Lipinski definition) is 16. The molecule has 0 amide bonds. The van der Waals surface area contributed by atoms with E-state index >= 15 is 0 Å². The predicted molar refractivity (Wildman–Crippen MR) is 152 cm³/mol. The zero-order valence-corrected chi connectivity index (χ0v) is 26.1. The average molecular weight is 695 g/mol. The van der Waals surface area contributed by atoms with Crippen molar-refractivity contribution in [2.24, 2.45) is 10.9 Å². The van der Waals surface area contributed by atoms with E-state index in [1.165, 1.54) is 10.9 Å². The molecule has 0 saturated carbocycles. The summed E-state index contributed by atoms with van der Waals surface area (Å²) < 4.78 is 56.0. The average Bonchev–Trinajstić information content (AvgIpc) is 3.69. The van der Waals surface area contributed by atoms with Gasteiger partial charge in [-0.2, -0.15) is 4.31 Å². The van der Waals surface area contributed by atoms with Crippen LogP contribution in [0.1, 0.15) is 31.9 Å². The van der Waals surface area contributed by atoms with Crippen LogP contribution in [-0.4, -0.2) is 83.4 Å². The minimum Gasteiger partial charge on any atom is -0.861 e. The minimum absolute atomic E-state index is 0.0432. The number of phosphoric acid groups is 2. The maximum absolute atomic E-state index is 12.3. The van der Waals surface area contributed by atoms with E-state index in [-0.39, 0.29) is 35.3 Å². The van der Waals surface area contributed by atoms with Crippen LogP contribution in [0.3, 0.4) is 0 Å². The molecule has 0 radical (unpaired) electrons. The van der Waals surface area contributed by atoms with E-state index in [0.29, 0.717) is 32.2 Å². The first-order chi connectivity index (χ1) is 21.2. The van der Waals surface area contributed by atoms with E-state index in [1.54, 1.807) is 24.3 Å². The SMILES string of the molecule is Nc1ncnc2c1ncn2[C@@H]1O[C@H](COP(=O)(O)OP(=O)(O)OP(=O)([O-])NCCCCCCN=C([O-])C2C=CC=C2)[C@@H](O)[C@H]1O. The number of unbranched alkanes of at least 4 members (excludes halogenated alkanes) is 3. The van der Waals surface area contributed by atoms with Crippen LogP contribution in [0.25, 0.3) is 11.2 Å². The fourth-order valence-corrected chi connectivity index (χ4v) is 8.06. The number of aliphatic hydroxyl groups is 2. The summed E-state index contributed by atoms with van der Waals surface area (Å²) in [6.45, 7) is -0.815. The van der Waals surface area contributed by atoms with E-state index in [4.69, 9.17) is 10.5 Å². The van der Waals surface area contributed by atoms with Crippen LogP contribution in [0, 0.1) is 5.92 Å². The Hall–Kier alpha value is -2.41. The first kappa shape index (κ1) is 35.4. The molecule has 1 aliphatic heterocycles. The second-order valence-corrected chi connectivity index (χ2v) is 14.6. The predicted octanol–water partition coefficient (Wildman–Crippen LogP) is -0.602. The number of imidazole rings is 1. The first-order valence-electron chi connectivity index (χ1n) is 13.5. The third kappa shape index (κ3) is 9.79. The molecule has 2 aromatic heterocycles. The summed E-state index contributed by atoms with van der Waals surface area (Å²) in [6.07, 6.45) is 5.37. The topological polar surface area (TPSA) is 309 Å². The molecule has 45 heavy (non-hydrogen) atoms. The monoisotopic (exact) mass is 695 g/mol. The van der Waals surface area contributed by atoms with E-state index < -0.39 is 54.5 Å². The Morgan fingerprint density at radius 1 is 1.04 bits per heavy atom. The highest BCUT2D eigenvalue weighted by atomic mass is 31.3. The van der Waals surface area contributed by atoms with Crippen molar-refractivity contribution < 1.29 is 61.6 Å². The van der Waals surface area contributed by atoms with Crippen LogP contribution in [0.4, 0.5) is 5.82 Å². The quantitative estimate of drug-likeness (QED) is 0.0520. The number of aromatic nitrogens is 4. The van der Waals surface area contributed by atoms with Crippen LogP contribution in [0.2, 0.25) is 0 Å². The summed E-state index contributed by atoms with van der Waals surface area (Å²) in [6, 6.07) is 0. The number of rotatable bonds is 17. The van der Waals surface area contributed by atoms with E-state index in [1.807, 2.05) is 5.09 Å². The van der Waals surface area contributed by atoms with Crippen LogP contribution >= 0.6 is 23.4 Å². The van der Waals surface area contributed by atoms with Crippen molar-refractivity contribution in [1.82, 2.24) is 24.6 Å². The van der Waals surface area contributed by atoms with Gasteiger partial charge in [0.05, 0.1) is 12.9 Å². The Labute approximate surface area is 256 Å². The summed E-state index contributed by atoms with van der Waals surface area (Å²) in [4.78, 5) is 47.5. The maximum Gasteiger partial charge on any atom is 0.486 e. The number of fused-ring (bicyclic) bond motifs is 1. The molecule has 23 heteroatoms. The van der Waals surface area contributed by atoms with Gasteiger partial charge in [0.2, 0.25) is 7.75 Å². The number of nitrogens with zero attached hydrogens (tertiary/aromatic N) is 5. The largest absolute Gasteiger partial charge is 0.861 e. The number of nitrogens with one attached hydrogen (secondary N) is 1. The summed E-state index contributed by atoms with van der Waals surface area (Å²) in [5.41, 5.74) is 6.07. The molecule has 1 aliphatic carbocycles. The Balaban J connectivity index is 1.18. The van der Waals surface area contributed by atoms with Gasteiger partial charge in [0.1, 0.15) is 30.2 Å². The zero-order valence-electron chi connectivity index (χ0n) is 23.4. The van der Waals surface area contributed by atoms with Crippen LogP contribution < -0.4 is 20.8 Å². The number of aliphatic imine (C=N–C) groups is 1. The van der Waals surface area contributed by atoms with Gasteiger partial charge in [-0.15, -0.1) is 0 Å². The number of aliphatic hydroxyl groups excluding tert-OH is 2. The number of nitrogens with two attached hydrogens (primary N) is 1. The third-order valence-electron chi connectivity index (χ3n) is 6.51. The number of phosphoric ester groups is 1. The van der Waals surface area contributed by atoms with Crippen molar-refractivity contribution in [3.05, 3.63) is 37.0 Å². The lowest BCUT2D eigenvalue weighted by Gasteiger charge is -2.26. The molecule has 0 spiro atoms. The van der Waals surface area contributed by atoms with Crippen molar-refractivity contribution in [3.8, 4) is 0 Å². The Bertz CT molecular complexity index is 1560. The van der Waals surface area contributed by atoms with Gasteiger partial charge < -0.3 is 45.5 Å². The molecule has 250 valence electrons. The standard InChI is InChI=1S/C22H34N7O13P3/c23-19-16-20(26-12-25-19)29(13-27-16)22-18(31)17(30)15(40-22)11-39-44(35,36)42-45(37,38)41-43(33,34)28-10-6-2-1-5-9-24-21(32)14-7-3-4-8-14/h3-4,7-8,12-15,17-18,22,30-31H,1-2,5-6,9-11H2,(H,24,32)(H,35,36)(H,37,38)(H2,23,25,26)(H2,28,33,34)/p-2/t15-,17-,18-,22-/m1/s1. The molecule has 3 heterocycles. The van der Waals surface area contributed by atoms with Crippen molar-refractivity contribution in [1.29, 1.82) is 0 Å². The second-order valence-electron chi connectivity index (χ2n) is 9.86. The summed E-state index contributed by atoms with van der Waals surface area (Å²) in [5, 5.41) is 34.6. The molecule has 7 atom stereocenters. The lowest BCUT2D eigenvalue weighted by atomic mass is 10.1. The summed E-state index contributed by atoms with van der Waals surface area (Å²) in [5.74, 6) is -0.527. The van der Waals surface area contributed by atoms with E-state index in [9.17, 15) is 43.7 Å². The molecule has 20 nitrogen and oxygen atoms in total. The molecule has 1 saturated heterocycles. The van der Waals surface area contributed by atoms with Crippen molar-refractivity contribution in [2.75, 3.05) is 25.4 Å². The Morgan fingerprint density at radius 3 is 2.49 bits per heavy atom. The molecular weight excluding hydrogens is 663 g/mol. The second kappa shape index (κ2) is 15.0. The summed E-state index contributed by atoms with van der Waals surface area (Å²) >= 11 is 0. The van der Waals surface area contributed by atoms with Gasteiger partial charge in [-0.3, -0.25) is 18.7 Å². The smallest absolute Gasteiger partial charge is 0.486 e. The molecule has 0 aromatic carbocycles. The van der Waals surface area contributed by atoms with Crippen LogP contribution in [-0.2, 0) is 31.6 Å². The van der Waals surface area contributed by atoms with E-state index in [2.05, 4.69) is 33.1 Å². The summed E-state index contributed by atoms with van der Waals surface area (Å²) in [7, 11) is -16.4. The molecule has 2 aromatic rings. The van der Waals surface area contributed by atoms with Gasteiger partial charge in [-0.1, -0.05) is 37.1 Å². The van der Waals surface area contributed by atoms with Gasteiger partial charge in [0.15, 0.2) is 17.7 Å². The number of hydrogen-bond donors (Lipinski definition) is 6. The lowest BCUT2D eigenvalue weighted by molar-refractivity contribution is -0.221. The molecule has 2 aliphatic rings. The normalized spacial score (nSPS) is 26.3. The lowest BCUT2D eigenvalue weighted by Crippen LogP contribution is -2.33. The van der Waals surface area contributed by atoms with Crippen molar-refractivity contribution in [2.45, 2.75) is 50.2 Å². The van der Waals surface area contributed by atoms with Gasteiger partial charge >= 0.3 is 15.6 Å². The van der Waals surface area contributed by atoms with Crippen molar-refractivity contribution in [3.63, 3.8) is 0 Å². The van der Waals surface area contributed by atoms with Gasteiger partial charge in [0.25, 0.3) is 0 Å². The van der Waals surface area contributed by atoms with Gasteiger partial charge in [-0.05, 0) is 18.7 Å². The molecule has 7 N–H and O–H groups in total. The number of nitrogen functional groups attached to an aromatic ring is 1. The highest BCUT2D eigenvalue weighted by molar-refractivity contribution is 7.67. The number of ether oxygens (including phenoxy) is 1. The Kier molecular flexibility index (Phi) is 11.8. The maximum atomic E-state index is 12.3. The first-order valence-corrected chi connectivity index (χ1v) is 18.0. The van der Waals surface area contributed by atoms with Crippen molar-refractivity contribution >= 4 is 46.3 Å². The number of anilines is 1. The highest BCUT2D eigenvalue weighted by Gasteiger charge is 2.46. The zero-order chi connectivity index (χ0) is 32.8. The third-order valence-corrected chi connectivity index (χ3v) is 10.9. The Morgan fingerprint density at radius 2 is 1.76 bits per heavy atom. The van der Waals surface area contributed by atoms with Crippen LogP contribution in [0.5, 0.6) is 0 Å². The fraction of sp³-hybridized carbons (Fsp3) is 0.545. The molecule has 4 rings (SSSR count). The number of allylic oxidation sites excluding steroid dienone is 2. The fourth-order valence-electron chi connectivity index (χ4n) is 4.35. The van der Waals surface area contributed by atoms with Gasteiger partial charge in [-0.25, -0.2) is 28.4 Å². The molecule has 0 bridgehead atoms.